The van der Waals surface area contributed by atoms with E-state index in [2.05, 4.69) is 16.2 Å². The van der Waals surface area contributed by atoms with Crippen molar-refractivity contribution in [2.75, 3.05) is 24.6 Å². The van der Waals surface area contributed by atoms with Crippen molar-refractivity contribution in [3.05, 3.63) is 54.1 Å². The Hall–Kier alpha value is -4.08. The molecule has 0 bridgehead atoms. The molecule has 10 nitrogen and oxygen atoms in total. The number of amides is 4. The molecule has 2 heterocycles. The molecule has 3 N–H and O–H groups in total. The van der Waals surface area contributed by atoms with E-state index in [0.29, 0.717) is 30.0 Å². The van der Waals surface area contributed by atoms with Crippen LogP contribution in [0, 0.1) is 0 Å². The predicted molar refractivity (Wildman–Crippen MR) is 113 cm³/mol. The van der Waals surface area contributed by atoms with Crippen molar-refractivity contribution in [1.82, 2.24) is 16.2 Å². The summed E-state index contributed by atoms with van der Waals surface area (Å²) in [7, 11) is 0. The highest BCUT2D eigenvalue weighted by molar-refractivity contribution is 5.98. The number of anilines is 1. The van der Waals surface area contributed by atoms with E-state index in [4.69, 9.17) is 9.47 Å². The summed E-state index contributed by atoms with van der Waals surface area (Å²) in [5, 5.41) is 2.47. The molecule has 2 aliphatic rings. The summed E-state index contributed by atoms with van der Waals surface area (Å²) < 4.78 is 11.0. The van der Waals surface area contributed by atoms with Crippen LogP contribution in [0.3, 0.4) is 0 Å². The SMILES string of the molecule is O=C(CNC(=O)c1ccc(N2CCCC2=O)cc1)NNC(=O)[C@H]1COc2ccccc2O1. The molecular weight excluding hydrogens is 416 g/mol. The third-order valence-corrected chi connectivity index (χ3v) is 5.05. The highest BCUT2D eigenvalue weighted by Gasteiger charge is 2.27. The first-order chi connectivity index (χ1) is 15.5. The first kappa shape index (κ1) is 21.2. The van der Waals surface area contributed by atoms with Gasteiger partial charge in [0.05, 0.1) is 6.54 Å². The standard InChI is InChI=1S/C22H22N4O6/c27-19(24-25-22(30)18-13-31-16-4-1-2-5-17(16)32-18)12-23-21(29)14-7-9-15(10-8-14)26-11-3-6-20(26)28/h1-2,4-5,7-10,18H,3,6,11-13H2,(H,23,29)(H,24,27)(H,25,30)/t18-/m1/s1. The predicted octanol–water partition coefficient (Wildman–Crippen LogP) is 0.531. The first-order valence-electron chi connectivity index (χ1n) is 10.2. The van der Waals surface area contributed by atoms with Crippen LogP contribution in [-0.4, -0.2) is 49.4 Å². The van der Waals surface area contributed by atoms with Gasteiger partial charge in [-0.05, 0) is 42.8 Å². The lowest BCUT2D eigenvalue weighted by molar-refractivity contribution is -0.134. The molecule has 0 unspecified atom stereocenters. The highest BCUT2D eigenvalue weighted by atomic mass is 16.6. The number of benzene rings is 2. The number of hydrogen-bond donors (Lipinski definition) is 3. The van der Waals surface area contributed by atoms with Gasteiger partial charge in [-0.1, -0.05) is 12.1 Å². The van der Waals surface area contributed by atoms with Gasteiger partial charge in [0.2, 0.25) is 12.0 Å². The molecule has 2 aromatic rings. The van der Waals surface area contributed by atoms with Crippen molar-refractivity contribution in [1.29, 1.82) is 0 Å². The Balaban J connectivity index is 1.20. The molecule has 4 rings (SSSR count). The molecule has 1 fully saturated rings. The van der Waals surface area contributed by atoms with Gasteiger partial charge in [0.15, 0.2) is 11.5 Å². The van der Waals surface area contributed by atoms with E-state index >= 15 is 0 Å². The average molecular weight is 438 g/mol. The van der Waals surface area contributed by atoms with Gasteiger partial charge in [0, 0.05) is 24.2 Å². The minimum absolute atomic E-state index is 0.00841. The van der Waals surface area contributed by atoms with Gasteiger partial charge in [-0.15, -0.1) is 0 Å². The summed E-state index contributed by atoms with van der Waals surface area (Å²) in [5.74, 6) is -0.586. The van der Waals surface area contributed by atoms with Crippen LogP contribution in [0.5, 0.6) is 11.5 Å². The molecule has 0 radical (unpaired) electrons. The molecule has 0 spiro atoms. The monoisotopic (exact) mass is 438 g/mol. The zero-order valence-corrected chi connectivity index (χ0v) is 17.1. The van der Waals surface area contributed by atoms with Crippen molar-refractivity contribution in [2.45, 2.75) is 18.9 Å². The zero-order valence-electron chi connectivity index (χ0n) is 17.1. The van der Waals surface area contributed by atoms with Crippen LogP contribution in [-0.2, 0) is 14.4 Å². The van der Waals surface area contributed by atoms with E-state index in [1.54, 1.807) is 53.4 Å². The lowest BCUT2D eigenvalue weighted by Gasteiger charge is -2.25. The van der Waals surface area contributed by atoms with E-state index in [1.165, 1.54) is 0 Å². The van der Waals surface area contributed by atoms with Gasteiger partial charge >= 0.3 is 0 Å². The van der Waals surface area contributed by atoms with Crippen LogP contribution >= 0.6 is 0 Å². The van der Waals surface area contributed by atoms with Crippen molar-refractivity contribution in [3.8, 4) is 11.5 Å². The third-order valence-electron chi connectivity index (χ3n) is 5.05. The van der Waals surface area contributed by atoms with Crippen molar-refractivity contribution in [2.24, 2.45) is 0 Å². The minimum atomic E-state index is -0.916. The van der Waals surface area contributed by atoms with Gasteiger partial charge < -0.3 is 19.7 Å². The summed E-state index contributed by atoms with van der Waals surface area (Å²) in [6.45, 7) is 0.339. The number of nitrogens with one attached hydrogen (secondary N) is 3. The van der Waals surface area contributed by atoms with Gasteiger partial charge in [-0.3, -0.25) is 30.0 Å². The second kappa shape index (κ2) is 9.38. The molecule has 0 saturated carbocycles. The molecule has 1 atom stereocenters. The summed E-state index contributed by atoms with van der Waals surface area (Å²) >= 11 is 0. The Kier molecular flexibility index (Phi) is 6.20. The Morgan fingerprint density at radius 1 is 1.00 bits per heavy atom. The van der Waals surface area contributed by atoms with Crippen molar-refractivity contribution < 1.29 is 28.7 Å². The van der Waals surface area contributed by atoms with Crippen LogP contribution in [0.1, 0.15) is 23.2 Å². The Bertz CT molecular complexity index is 1040. The van der Waals surface area contributed by atoms with E-state index in [1.807, 2.05) is 0 Å². The number of carbonyl (C=O) groups excluding carboxylic acids is 4. The maximum Gasteiger partial charge on any atom is 0.283 e. The molecule has 32 heavy (non-hydrogen) atoms. The molecule has 4 amide bonds. The summed E-state index contributed by atoms with van der Waals surface area (Å²) in [6, 6.07) is 13.5. The molecule has 0 aromatic heterocycles. The van der Waals surface area contributed by atoms with Crippen LogP contribution < -0.4 is 30.5 Å². The lowest BCUT2D eigenvalue weighted by Crippen LogP contribution is -2.52. The number of nitrogens with zero attached hydrogens (tertiary/aromatic N) is 1. The van der Waals surface area contributed by atoms with Crippen LogP contribution in [0.4, 0.5) is 5.69 Å². The van der Waals surface area contributed by atoms with Crippen molar-refractivity contribution >= 4 is 29.3 Å². The number of rotatable bonds is 5. The van der Waals surface area contributed by atoms with Crippen LogP contribution in [0.2, 0.25) is 0 Å². The summed E-state index contributed by atoms with van der Waals surface area (Å²) in [6.07, 6.45) is 0.432. The normalized spacial score (nSPS) is 16.9. The Labute approximate surface area is 183 Å². The first-order valence-corrected chi connectivity index (χ1v) is 10.2. The second-order valence-corrected chi connectivity index (χ2v) is 7.28. The second-order valence-electron chi connectivity index (χ2n) is 7.28. The number of para-hydroxylation sites is 2. The minimum Gasteiger partial charge on any atom is -0.485 e. The quantitative estimate of drug-likeness (QED) is 0.585. The van der Waals surface area contributed by atoms with Crippen molar-refractivity contribution in [3.63, 3.8) is 0 Å². The maximum atomic E-state index is 12.3. The summed E-state index contributed by atoms with van der Waals surface area (Å²) in [5.41, 5.74) is 5.57. The fraction of sp³-hybridized carbons (Fsp3) is 0.273. The van der Waals surface area contributed by atoms with E-state index in [0.717, 1.165) is 12.1 Å². The topological polar surface area (TPSA) is 126 Å². The van der Waals surface area contributed by atoms with E-state index < -0.39 is 23.8 Å². The molecule has 1 saturated heterocycles. The molecule has 10 heteroatoms. The Morgan fingerprint density at radius 3 is 2.47 bits per heavy atom. The van der Waals surface area contributed by atoms with E-state index in [9.17, 15) is 19.2 Å². The van der Waals surface area contributed by atoms with Gasteiger partial charge in [-0.25, -0.2) is 0 Å². The molecule has 166 valence electrons. The Morgan fingerprint density at radius 2 is 1.75 bits per heavy atom. The number of ether oxygens (including phenoxy) is 2. The van der Waals surface area contributed by atoms with Gasteiger partial charge in [0.25, 0.3) is 17.7 Å². The van der Waals surface area contributed by atoms with Crippen LogP contribution in [0.25, 0.3) is 0 Å². The smallest absolute Gasteiger partial charge is 0.283 e. The molecular formula is C22H22N4O6. The number of fused-ring (bicyclic) bond motifs is 1. The fourth-order valence-corrected chi connectivity index (χ4v) is 3.38. The summed E-state index contributed by atoms with van der Waals surface area (Å²) in [4.78, 5) is 49.9. The average Bonchev–Trinajstić information content (AvgIpc) is 3.26. The number of hydrazine groups is 1. The van der Waals surface area contributed by atoms with E-state index in [-0.39, 0.29) is 19.1 Å². The fourth-order valence-electron chi connectivity index (χ4n) is 3.38. The highest BCUT2D eigenvalue weighted by Crippen LogP contribution is 2.30. The van der Waals surface area contributed by atoms with Gasteiger partial charge in [-0.2, -0.15) is 0 Å². The molecule has 0 aliphatic carbocycles. The molecule has 2 aromatic carbocycles. The van der Waals surface area contributed by atoms with Gasteiger partial charge in [0.1, 0.15) is 6.61 Å². The third kappa shape index (κ3) is 4.80. The lowest BCUT2D eigenvalue weighted by atomic mass is 10.2. The zero-order chi connectivity index (χ0) is 22.5. The number of hydrogen-bond acceptors (Lipinski definition) is 6. The number of carbonyl (C=O) groups is 4. The maximum absolute atomic E-state index is 12.3. The molecule has 2 aliphatic heterocycles. The largest absolute Gasteiger partial charge is 0.485 e. The van der Waals surface area contributed by atoms with Crippen LogP contribution in [0.15, 0.2) is 48.5 Å².